The molecule has 2 aliphatic carbocycles. The van der Waals surface area contributed by atoms with E-state index in [2.05, 4.69) is 17.5 Å². The highest BCUT2D eigenvalue weighted by Gasteiger charge is 2.34. The fraction of sp³-hybridized carbons (Fsp3) is 0.750. The number of likely N-dealkylation sites (N-methyl/N-ethyl adjacent to an activating group) is 1. The molecule has 0 saturated heterocycles. The molecule has 0 aliphatic heterocycles. The summed E-state index contributed by atoms with van der Waals surface area (Å²) in [5.74, 6) is 2.52. The Morgan fingerprint density at radius 3 is 2.73 bits per heavy atom. The van der Waals surface area contributed by atoms with Gasteiger partial charge in [-0.1, -0.05) is 12.2 Å². The molecular weight excluding hydrogens is 188 g/mol. The number of hydrogen-bond acceptors (Lipinski definition) is 2. The van der Waals surface area contributed by atoms with E-state index in [9.17, 15) is 4.79 Å². The standard InChI is InChI=1S/C12H20N2O/c1-14(2)12(15)8-13-7-11-6-9-3-4-10(11)5-9/h3-4,9-11,13H,5-8H2,1-2H3/t9-,10+,11+/m1/s1. The van der Waals surface area contributed by atoms with Crippen LogP contribution in [0.3, 0.4) is 0 Å². The maximum Gasteiger partial charge on any atom is 0.236 e. The molecule has 0 aromatic rings. The van der Waals surface area contributed by atoms with Gasteiger partial charge in [0.1, 0.15) is 0 Å². The molecule has 0 radical (unpaired) electrons. The predicted octanol–water partition coefficient (Wildman–Crippen LogP) is 0.876. The van der Waals surface area contributed by atoms with Gasteiger partial charge in [0.05, 0.1) is 6.54 Å². The molecule has 1 fully saturated rings. The molecule has 0 heterocycles. The van der Waals surface area contributed by atoms with Crippen LogP contribution in [0.4, 0.5) is 0 Å². The number of nitrogens with zero attached hydrogens (tertiary/aromatic N) is 1. The number of allylic oxidation sites excluding steroid dienone is 2. The predicted molar refractivity (Wildman–Crippen MR) is 60.4 cm³/mol. The number of amides is 1. The van der Waals surface area contributed by atoms with Crippen LogP contribution in [-0.4, -0.2) is 38.0 Å². The van der Waals surface area contributed by atoms with Crippen molar-refractivity contribution in [2.45, 2.75) is 12.8 Å². The average Bonchev–Trinajstić information content (AvgIpc) is 2.78. The SMILES string of the molecule is CN(C)C(=O)CNC[C@@H]1C[C@@H]2C=C[C@H]1C2. The van der Waals surface area contributed by atoms with E-state index < -0.39 is 0 Å². The molecule has 0 unspecified atom stereocenters. The van der Waals surface area contributed by atoms with Crippen molar-refractivity contribution < 1.29 is 4.79 Å². The first kappa shape index (κ1) is 10.7. The Bertz CT molecular complexity index is 273. The number of hydrogen-bond donors (Lipinski definition) is 1. The highest BCUT2D eigenvalue weighted by atomic mass is 16.2. The molecule has 2 bridgehead atoms. The zero-order valence-corrected chi connectivity index (χ0v) is 9.57. The Labute approximate surface area is 91.5 Å². The summed E-state index contributed by atoms with van der Waals surface area (Å²) < 4.78 is 0. The summed E-state index contributed by atoms with van der Waals surface area (Å²) in [6, 6.07) is 0. The van der Waals surface area contributed by atoms with Crippen molar-refractivity contribution in [3.8, 4) is 0 Å². The van der Waals surface area contributed by atoms with E-state index in [-0.39, 0.29) is 5.91 Å². The third kappa shape index (κ3) is 2.40. The lowest BCUT2D eigenvalue weighted by Gasteiger charge is -2.19. The minimum Gasteiger partial charge on any atom is -0.348 e. The van der Waals surface area contributed by atoms with Gasteiger partial charge in [0.15, 0.2) is 0 Å². The molecule has 1 amide bonds. The van der Waals surface area contributed by atoms with Crippen LogP contribution in [0.1, 0.15) is 12.8 Å². The van der Waals surface area contributed by atoms with Gasteiger partial charge in [-0.3, -0.25) is 4.79 Å². The van der Waals surface area contributed by atoms with E-state index in [1.54, 1.807) is 19.0 Å². The van der Waals surface area contributed by atoms with Crippen molar-refractivity contribution >= 4 is 5.91 Å². The third-order valence-corrected chi connectivity index (χ3v) is 3.60. The molecule has 3 nitrogen and oxygen atoms in total. The number of carbonyl (C=O) groups excluding carboxylic acids is 1. The normalized spacial score (nSPS) is 32.3. The van der Waals surface area contributed by atoms with E-state index in [1.165, 1.54) is 12.8 Å². The zero-order valence-electron chi connectivity index (χ0n) is 9.57. The minimum absolute atomic E-state index is 0.161. The minimum atomic E-state index is 0.161. The molecule has 15 heavy (non-hydrogen) atoms. The quantitative estimate of drug-likeness (QED) is 0.695. The van der Waals surface area contributed by atoms with Gasteiger partial charge in [-0.15, -0.1) is 0 Å². The molecule has 1 N–H and O–H groups in total. The van der Waals surface area contributed by atoms with Gasteiger partial charge in [0.25, 0.3) is 0 Å². The zero-order chi connectivity index (χ0) is 10.8. The lowest BCUT2D eigenvalue weighted by atomic mass is 9.94. The molecule has 0 spiro atoms. The number of fused-ring (bicyclic) bond motifs is 2. The first-order valence-electron chi connectivity index (χ1n) is 5.76. The van der Waals surface area contributed by atoms with E-state index in [0.29, 0.717) is 6.54 Å². The molecule has 3 atom stereocenters. The Kier molecular flexibility index (Phi) is 3.10. The Morgan fingerprint density at radius 1 is 1.40 bits per heavy atom. The van der Waals surface area contributed by atoms with E-state index in [4.69, 9.17) is 0 Å². The lowest BCUT2D eigenvalue weighted by molar-refractivity contribution is -0.127. The smallest absolute Gasteiger partial charge is 0.236 e. The fourth-order valence-electron chi connectivity index (χ4n) is 2.65. The average molecular weight is 208 g/mol. The van der Waals surface area contributed by atoms with Gasteiger partial charge in [0, 0.05) is 14.1 Å². The van der Waals surface area contributed by atoms with Crippen LogP contribution in [0.15, 0.2) is 12.2 Å². The number of rotatable bonds is 4. The number of nitrogens with one attached hydrogen (secondary N) is 1. The topological polar surface area (TPSA) is 32.3 Å². The molecule has 2 rings (SSSR count). The highest BCUT2D eigenvalue weighted by Crippen LogP contribution is 2.42. The van der Waals surface area contributed by atoms with Crippen molar-refractivity contribution in [2.75, 3.05) is 27.2 Å². The fourth-order valence-corrected chi connectivity index (χ4v) is 2.65. The van der Waals surface area contributed by atoms with Gasteiger partial charge in [-0.2, -0.15) is 0 Å². The Balaban J connectivity index is 1.67. The van der Waals surface area contributed by atoms with Crippen LogP contribution < -0.4 is 5.32 Å². The summed E-state index contributed by atoms with van der Waals surface area (Å²) in [7, 11) is 3.59. The monoisotopic (exact) mass is 208 g/mol. The molecule has 0 aromatic heterocycles. The summed E-state index contributed by atoms with van der Waals surface area (Å²) >= 11 is 0. The first-order chi connectivity index (χ1) is 7.16. The number of carbonyl (C=O) groups is 1. The van der Waals surface area contributed by atoms with Gasteiger partial charge >= 0.3 is 0 Å². The molecule has 0 aromatic carbocycles. The van der Waals surface area contributed by atoms with Crippen molar-refractivity contribution in [3.05, 3.63) is 12.2 Å². The second-order valence-corrected chi connectivity index (χ2v) is 4.96. The maximum atomic E-state index is 11.3. The summed E-state index contributed by atoms with van der Waals surface area (Å²) in [4.78, 5) is 13.0. The molecule has 84 valence electrons. The molecule has 3 heteroatoms. The van der Waals surface area contributed by atoms with Crippen LogP contribution in [0.25, 0.3) is 0 Å². The molecule has 1 saturated carbocycles. The molecule has 2 aliphatic rings. The summed E-state index contributed by atoms with van der Waals surface area (Å²) in [5.41, 5.74) is 0. The Morgan fingerprint density at radius 2 is 2.20 bits per heavy atom. The van der Waals surface area contributed by atoms with Gasteiger partial charge in [-0.05, 0) is 37.1 Å². The maximum absolute atomic E-state index is 11.3. The van der Waals surface area contributed by atoms with Crippen LogP contribution in [0.2, 0.25) is 0 Å². The van der Waals surface area contributed by atoms with E-state index >= 15 is 0 Å². The van der Waals surface area contributed by atoms with Gasteiger partial charge in [0.2, 0.25) is 5.91 Å². The summed E-state index contributed by atoms with van der Waals surface area (Å²) in [6.45, 7) is 1.47. The second-order valence-electron chi connectivity index (χ2n) is 4.96. The first-order valence-corrected chi connectivity index (χ1v) is 5.76. The van der Waals surface area contributed by atoms with Crippen molar-refractivity contribution in [3.63, 3.8) is 0 Å². The lowest BCUT2D eigenvalue weighted by Crippen LogP contribution is -2.36. The largest absolute Gasteiger partial charge is 0.348 e. The summed E-state index contributed by atoms with van der Waals surface area (Å²) in [5, 5.41) is 3.27. The molecular formula is C12H20N2O. The second kappa shape index (κ2) is 4.35. The van der Waals surface area contributed by atoms with Gasteiger partial charge in [-0.25, -0.2) is 0 Å². The van der Waals surface area contributed by atoms with Gasteiger partial charge < -0.3 is 10.2 Å². The highest BCUT2D eigenvalue weighted by molar-refractivity contribution is 5.77. The Hall–Kier alpha value is -0.830. The van der Waals surface area contributed by atoms with Crippen molar-refractivity contribution in [1.29, 1.82) is 0 Å². The van der Waals surface area contributed by atoms with Crippen molar-refractivity contribution in [1.82, 2.24) is 10.2 Å². The van der Waals surface area contributed by atoms with Crippen LogP contribution in [-0.2, 0) is 4.79 Å². The van der Waals surface area contributed by atoms with E-state index in [1.807, 2.05) is 0 Å². The summed E-state index contributed by atoms with van der Waals surface area (Å²) in [6.07, 6.45) is 7.36. The van der Waals surface area contributed by atoms with Crippen LogP contribution in [0.5, 0.6) is 0 Å². The van der Waals surface area contributed by atoms with E-state index in [0.717, 1.165) is 24.3 Å². The van der Waals surface area contributed by atoms with Crippen LogP contribution >= 0.6 is 0 Å². The van der Waals surface area contributed by atoms with Crippen molar-refractivity contribution in [2.24, 2.45) is 17.8 Å². The van der Waals surface area contributed by atoms with Crippen LogP contribution in [0, 0.1) is 17.8 Å². The third-order valence-electron chi connectivity index (χ3n) is 3.60.